The molecule has 0 atom stereocenters. The molecule has 0 heterocycles. The summed E-state index contributed by atoms with van der Waals surface area (Å²) in [6.07, 6.45) is 0.790. The van der Waals surface area contributed by atoms with Gasteiger partial charge in [-0.05, 0) is 64.3 Å². The lowest BCUT2D eigenvalue weighted by atomic mass is 9.99. The zero-order valence-corrected chi connectivity index (χ0v) is 17.8. The number of hydrogen-bond donors (Lipinski definition) is 0. The summed E-state index contributed by atoms with van der Waals surface area (Å²) >= 11 is 0. The molecule has 0 aromatic heterocycles. The molecule has 0 N–H and O–H groups in total. The van der Waals surface area contributed by atoms with Gasteiger partial charge in [0.05, 0.1) is 17.3 Å². The van der Waals surface area contributed by atoms with Crippen molar-refractivity contribution in [3.05, 3.63) is 58.7 Å². The summed E-state index contributed by atoms with van der Waals surface area (Å²) in [5.74, 6) is -0.456. The largest absolute Gasteiger partial charge is 0.459 e. The lowest BCUT2D eigenvalue weighted by Gasteiger charge is -2.12. The molecule has 0 rings (SSSR count). The van der Waals surface area contributed by atoms with E-state index in [0.717, 1.165) is 17.7 Å². The summed E-state index contributed by atoms with van der Waals surface area (Å²) < 4.78 is 43.5. The number of allylic oxidation sites excluding steroid dienone is 7. The van der Waals surface area contributed by atoms with Crippen LogP contribution in [0.5, 0.6) is 0 Å². The minimum absolute atomic E-state index is 0.257. The van der Waals surface area contributed by atoms with Gasteiger partial charge in [0.2, 0.25) is 0 Å². The Kier molecular flexibility index (Phi) is 13.3. The topological polar surface area (TPSA) is 26.3 Å². The average Bonchev–Trinajstić information content (AvgIpc) is 2.55. The quantitative estimate of drug-likeness (QED) is 0.261. The Morgan fingerprint density at radius 1 is 1.15 bits per heavy atom. The molecule has 0 radical (unpaired) electrons. The molecule has 0 aliphatic carbocycles. The van der Waals surface area contributed by atoms with Crippen molar-refractivity contribution in [1.82, 2.24) is 0 Å². The van der Waals surface area contributed by atoms with E-state index >= 15 is 0 Å². The first kappa shape index (κ1) is 27.2. The Hall–Kier alpha value is -2.04. The summed E-state index contributed by atoms with van der Waals surface area (Å²) in [6, 6.07) is 0. The Balaban J connectivity index is 0. The summed E-state index contributed by atoms with van der Waals surface area (Å²) in [5, 5.41) is 0. The third-order valence-electron chi connectivity index (χ3n) is 3.32. The molecular weight excluding hydrogens is 353 g/mol. The van der Waals surface area contributed by atoms with E-state index in [1.807, 2.05) is 20.8 Å². The molecule has 0 aromatic rings. The van der Waals surface area contributed by atoms with Crippen molar-refractivity contribution < 1.29 is 22.7 Å². The van der Waals surface area contributed by atoms with E-state index < -0.39 is 17.7 Å². The molecule has 0 spiro atoms. The third kappa shape index (κ3) is 10.6. The van der Waals surface area contributed by atoms with Gasteiger partial charge in [0.1, 0.15) is 0 Å². The predicted molar refractivity (Wildman–Crippen MR) is 107 cm³/mol. The van der Waals surface area contributed by atoms with Crippen LogP contribution >= 0.6 is 0 Å². The highest BCUT2D eigenvalue weighted by atomic mass is 19.4. The van der Waals surface area contributed by atoms with Gasteiger partial charge in [-0.3, -0.25) is 0 Å². The highest BCUT2D eigenvalue weighted by molar-refractivity contribution is 5.92. The number of hydrogen-bond acceptors (Lipinski definition) is 2. The second-order valence-electron chi connectivity index (χ2n) is 5.99. The normalized spacial score (nSPS) is 12.6. The van der Waals surface area contributed by atoms with Crippen molar-refractivity contribution in [3.8, 4) is 0 Å². The van der Waals surface area contributed by atoms with Gasteiger partial charge >= 0.3 is 12.1 Å². The van der Waals surface area contributed by atoms with Crippen LogP contribution in [0.25, 0.3) is 0 Å². The van der Waals surface area contributed by atoms with Crippen molar-refractivity contribution >= 4 is 5.97 Å². The van der Waals surface area contributed by atoms with E-state index in [4.69, 9.17) is 4.74 Å². The Morgan fingerprint density at radius 3 is 2.00 bits per heavy atom. The SMILES string of the molecule is C=C(/C=C\C(=C/C)C(F)(F)F)/C(=C/C(C(=O)OC(C)C)=C(C)C)CC.CC. The van der Waals surface area contributed by atoms with E-state index in [2.05, 4.69) is 6.58 Å². The summed E-state index contributed by atoms with van der Waals surface area (Å²) in [4.78, 5) is 12.2. The second-order valence-corrected chi connectivity index (χ2v) is 5.99. The van der Waals surface area contributed by atoms with Crippen LogP contribution in [-0.2, 0) is 9.53 Å². The van der Waals surface area contributed by atoms with Crippen LogP contribution in [0.3, 0.4) is 0 Å². The van der Waals surface area contributed by atoms with Gasteiger partial charge in [-0.2, -0.15) is 13.2 Å². The first-order chi connectivity index (χ1) is 12.4. The summed E-state index contributed by atoms with van der Waals surface area (Å²) in [5.41, 5.74) is 1.50. The first-order valence-corrected chi connectivity index (χ1v) is 9.13. The number of carbonyl (C=O) groups is 1. The van der Waals surface area contributed by atoms with E-state index in [-0.39, 0.29) is 6.10 Å². The van der Waals surface area contributed by atoms with Crippen molar-refractivity contribution in [2.45, 2.75) is 74.1 Å². The second kappa shape index (κ2) is 13.2. The monoisotopic (exact) mass is 386 g/mol. The fourth-order valence-electron chi connectivity index (χ4n) is 1.93. The maximum atomic E-state index is 12.8. The van der Waals surface area contributed by atoms with E-state index in [1.165, 1.54) is 13.0 Å². The third-order valence-corrected chi connectivity index (χ3v) is 3.32. The average molecular weight is 386 g/mol. The van der Waals surface area contributed by atoms with Gasteiger partial charge in [0.15, 0.2) is 0 Å². The lowest BCUT2D eigenvalue weighted by molar-refractivity contribution is -0.142. The van der Waals surface area contributed by atoms with Gasteiger partial charge in [-0.1, -0.05) is 45.1 Å². The summed E-state index contributed by atoms with van der Waals surface area (Å²) in [7, 11) is 0. The number of esters is 1. The van der Waals surface area contributed by atoms with E-state index in [9.17, 15) is 18.0 Å². The molecular formula is C22H33F3O2. The van der Waals surface area contributed by atoms with Crippen molar-refractivity contribution in [2.75, 3.05) is 0 Å². The maximum absolute atomic E-state index is 12.8. The zero-order valence-electron chi connectivity index (χ0n) is 17.8. The molecule has 27 heavy (non-hydrogen) atoms. The van der Waals surface area contributed by atoms with Gasteiger partial charge < -0.3 is 4.74 Å². The lowest BCUT2D eigenvalue weighted by Crippen LogP contribution is -2.14. The molecule has 0 amide bonds. The summed E-state index contributed by atoms with van der Waals surface area (Å²) in [6.45, 7) is 18.1. The van der Waals surface area contributed by atoms with Gasteiger partial charge in [0, 0.05) is 0 Å². The molecule has 5 heteroatoms. The Bertz CT molecular complexity index is 612. The van der Waals surface area contributed by atoms with Crippen molar-refractivity contribution in [1.29, 1.82) is 0 Å². The van der Waals surface area contributed by atoms with Gasteiger partial charge in [-0.25, -0.2) is 4.79 Å². The molecule has 0 saturated heterocycles. The van der Waals surface area contributed by atoms with Crippen molar-refractivity contribution in [3.63, 3.8) is 0 Å². The molecule has 0 aliphatic heterocycles. The molecule has 0 unspecified atom stereocenters. The number of halogens is 3. The Labute approximate surface area is 162 Å². The zero-order chi connectivity index (χ0) is 21.8. The van der Waals surface area contributed by atoms with Crippen LogP contribution < -0.4 is 0 Å². The van der Waals surface area contributed by atoms with E-state index in [0.29, 0.717) is 23.1 Å². The highest BCUT2D eigenvalue weighted by Crippen LogP contribution is 2.27. The smallest absolute Gasteiger partial charge is 0.416 e. The number of ether oxygens (including phenoxy) is 1. The number of rotatable bonds is 7. The molecule has 0 aromatic carbocycles. The van der Waals surface area contributed by atoms with Gasteiger partial charge in [0.25, 0.3) is 0 Å². The minimum Gasteiger partial charge on any atom is -0.459 e. The predicted octanol–water partition coefficient (Wildman–Crippen LogP) is 7.26. The van der Waals surface area contributed by atoms with Crippen LogP contribution in [0.1, 0.15) is 61.8 Å². The Morgan fingerprint density at radius 2 is 1.67 bits per heavy atom. The van der Waals surface area contributed by atoms with E-state index in [1.54, 1.807) is 33.8 Å². The van der Waals surface area contributed by atoms with Crippen molar-refractivity contribution in [2.24, 2.45) is 0 Å². The van der Waals surface area contributed by atoms with Crippen LogP contribution in [0.2, 0.25) is 0 Å². The standard InChI is InChI=1S/C20H27F3O2.C2H6/c1-8-16(12-18(13(3)4)19(24)25-14(5)6)15(7)10-11-17(9-2)20(21,22)23;1-2/h9-12,14H,7-8H2,1-6H3;1-2H3/b11-10-,16-12+,17-9+;. The fourth-order valence-corrected chi connectivity index (χ4v) is 1.93. The maximum Gasteiger partial charge on any atom is 0.416 e. The number of carbonyl (C=O) groups excluding carboxylic acids is 1. The fraction of sp³-hybridized carbons (Fsp3) is 0.500. The van der Waals surface area contributed by atoms with Crippen LogP contribution in [0.4, 0.5) is 13.2 Å². The van der Waals surface area contributed by atoms with Crippen LogP contribution in [-0.4, -0.2) is 18.2 Å². The highest BCUT2D eigenvalue weighted by Gasteiger charge is 2.30. The molecule has 0 fully saturated rings. The van der Waals surface area contributed by atoms with Crippen LogP contribution in [0.15, 0.2) is 58.7 Å². The molecule has 2 nitrogen and oxygen atoms in total. The van der Waals surface area contributed by atoms with Crippen LogP contribution in [0, 0.1) is 0 Å². The molecule has 154 valence electrons. The molecule has 0 saturated carbocycles. The molecule has 0 bridgehead atoms. The first-order valence-electron chi connectivity index (χ1n) is 9.13. The van der Waals surface area contributed by atoms with Gasteiger partial charge in [-0.15, -0.1) is 0 Å². The minimum atomic E-state index is -4.41. The molecule has 0 aliphatic rings. The number of alkyl halides is 3.